The number of methoxy groups -OCH3 is 1. The van der Waals surface area contributed by atoms with Gasteiger partial charge in [-0.15, -0.1) is 0 Å². The molecular formula is C10H21NOS. The van der Waals surface area contributed by atoms with E-state index in [1.807, 2.05) is 11.8 Å². The predicted molar refractivity (Wildman–Crippen MR) is 59.5 cm³/mol. The molecule has 78 valence electrons. The fourth-order valence-corrected chi connectivity index (χ4v) is 2.91. The van der Waals surface area contributed by atoms with Crippen molar-refractivity contribution < 1.29 is 4.74 Å². The third-order valence-corrected chi connectivity index (χ3v) is 4.30. The van der Waals surface area contributed by atoms with Crippen molar-refractivity contribution in [2.75, 3.05) is 33.1 Å². The summed E-state index contributed by atoms with van der Waals surface area (Å²) in [7, 11) is 1.75. The molecule has 0 aliphatic heterocycles. The Kier molecular flexibility index (Phi) is 5.14. The van der Waals surface area contributed by atoms with Crippen LogP contribution in [0.1, 0.15) is 25.7 Å². The summed E-state index contributed by atoms with van der Waals surface area (Å²) in [5.41, 5.74) is 0. The van der Waals surface area contributed by atoms with E-state index in [-0.39, 0.29) is 0 Å². The smallest absolute Gasteiger partial charge is 0.0587 e. The summed E-state index contributed by atoms with van der Waals surface area (Å²) < 4.78 is 5.54. The first-order valence-electron chi connectivity index (χ1n) is 5.08. The van der Waals surface area contributed by atoms with Gasteiger partial charge in [-0.3, -0.25) is 0 Å². The second-order valence-electron chi connectivity index (χ2n) is 3.76. The molecule has 1 fully saturated rings. The van der Waals surface area contributed by atoms with Crippen LogP contribution in [0.15, 0.2) is 0 Å². The highest BCUT2D eigenvalue weighted by Gasteiger charge is 2.32. The van der Waals surface area contributed by atoms with Crippen LogP contribution in [0.2, 0.25) is 0 Å². The number of nitrogens with one attached hydrogen (secondary N) is 1. The second-order valence-corrected chi connectivity index (χ2v) is 5.04. The molecule has 0 radical (unpaired) electrons. The van der Waals surface area contributed by atoms with Crippen LogP contribution in [0.4, 0.5) is 0 Å². The monoisotopic (exact) mass is 203 g/mol. The minimum absolute atomic E-state index is 0.535. The number of thioether (sulfide) groups is 1. The summed E-state index contributed by atoms with van der Waals surface area (Å²) >= 11 is 2.03. The Morgan fingerprint density at radius 3 is 2.62 bits per heavy atom. The molecule has 0 spiro atoms. The van der Waals surface area contributed by atoms with E-state index in [0.717, 1.165) is 19.7 Å². The van der Waals surface area contributed by atoms with E-state index in [1.165, 1.54) is 25.7 Å². The molecule has 1 rings (SSSR count). The first-order chi connectivity index (χ1) is 6.33. The third-order valence-electron chi connectivity index (χ3n) is 2.88. The molecule has 0 atom stereocenters. The van der Waals surface area contributed by atoms with Crippen molar-refractivity contribution in [1.82, 2.24) is 5.32 Å². The van der Waals surface area contributed by atoms with Gasteiger partial charge in [-0.2, -0.15) is 11.8 Å². The average molecular weight is 203 g/mol. The van der Waals surface area contributed by atoms with E-state index in [1.54, 1.807) is 7.11 Å². The molecule has 0 heterocycles. The fraction of sp³-hybridized carbons (Fsp3) is 1.00. The van der Waals surface area contributed by atoms with Gasteiger partial charge in [-0.05, 0) is 19.1 Å². The zero-order valence-electron chi connectivity index (χ0n) is 8.77. The molecule has 3 heteroatoms. The minimum atomic E-state index is 0.535. The largest absolute Gasteiger partial charge is 0.383 e. The standard InChI is InChI=1S/C10H21NOS/c1-12-8-7-11-9-10(13-2)5-3-4-6-10/h11H,3-9H2,1-2H3. The zero-order valence-corrected chi connectivity index (χ0v) is 9.58. The second kappa shape index (κ2) is 5.89. The maximum absolute atomic E-state index is 5.00. The third kappa shape index (κ3) is 3.49. The number of ether oxygens (including phenoxy) is 1. The lowest BCUT2D eigenvalue weighted by molar-refractivity contribution is 0.198. The SMILES string of the molecule is COCCNCC1(SC)CCCC1. The maximum atomic E-state index is 5.00. The maximum Gasteiger partial charge on any atom is 0.0587 e. The Bertz CT molecular complexity index is 135. The highest BCUT2D eigenvalue weighted by Crippen LogP contribution is 2.39. The quantitative estimate of drug-likeness (QED) is 0.666. The zero-order chi connectivity index (χ0) is 9.57. The van der Waals surface area contributed by atoms with Crippen LogP contribution in [0.25, 0.3) is 0 Å². The molecule has 0 saturated heterocycles. The van der Waals surface area contributed by atoms with E-state index < -0.39 is 0 Å². The van der Waals surface area contributed by atoms with Crippen LogP contribution >= 0.6 is 11.8 Å². The molecule has 1 aliphatic rings. The summed E-state index contributed by atoms with van der Waals surface area (Å²) in [5, 5.41) is 3.47. The molecule has 2 nitrogen and oxygen atoms in total. The Morgan fingerprint density at radius 2 is 2.08 bits per heavy atom. The van der Waals surface area contributed by atoms with Crippen molar-refractivity contribution in [2.45, 2.75) is 30.4 Å². The van der Waals surface area contributed by atoms with Gasteiger partial charge in [0.05, 0.1) is 6.61 Å². The molecule has 0 bridgehead atoms. The summed E-state index contributed by atoms with van der Waals surface area (Å²) in [5.74, 6) is 0. The molecular weight excluding hydrogens is 182 g/mol. The van der Waals surface area contributed by atoms with Crippen LogP contribution in [-0.4, -0.2) is 37.8 Å². The molecule has 0 aromatic heterocycles. The van der Waals surface area contributed by atoms with Crippen molar-refractivity contribution in [3.8, 4) is 0 Å². The topological polar surface area (TPSA) is 21.3 Å². The van der Waals surface area contributed by atoms with Gasteiger partial charge in [0.1, 0.15) is 0 Å². The first-order valence-corrected chi connectivity index (χ1v) is 6.30. The molecule has 0 amide bonds. The Labute approximate surface area is 85.8 Å². The molecule has 1 saturated carbocycles. The lowest BCUT2D eigenvalue weighted by Gasteiger charge is -2.26. The summed E-state index contributed by atoms with van der Waals surface area (Å²) in [6.45, 7) is 2.96. The number of hydrogen-bond donors (Lipinski definition) is 1. The van der Waals surface area contributed by atoms with Gasteiger partial charge in [-0.1, -0.05) is 12.8 Å². The molecule has 1 N–H and O–H groups in total. The highest BCUT2D eigenvalue weighted by atomic mass is 32.2. The lowest BCUT2D eigenvalue weighted by Crippen LogP contribution is -2.36. The van der Waals surface area contributed by atoms with Gasteiger partial charge in [-0.25, -0.2) is 0 Å². The van der Waals surface area contributed by atoms with Gasteiger partial charge in [0.15, 0.2) is 0 Å². The summed E-state index contributed by atoms with van der Waals surface area (Å²) in [6.07, 6.45) is 7.82. The number of hydrogen-bond acceptors (Lipinski definition) is 3. The molecule has 13 heavy (non-hydrogen) atoms. The summed E-state index contributed by atoms with van der Waals surface area (Å²) in [4.78, 5) is 0. The van der Waals surface area contributed by atoms with Crippen LogP contribution in [0.5, 0.6) is 0 Å². The van der Waals surface area contributed by atoms with Crippen LogP contribution in [-0.2, 0) is 4.74 Å². The van der Waals surface area contributed by atoms with E-state index in [9.17, 15) is 0 Å². The van der Waals surface area contributed by atoms with Crippen molar-refractivity contribution >= 4 is 11.8 Å². The van der Waals surface area contributed by atoms with E-state index >= 15 is 0 Å². The number of rotatable bonds is 6. The highest BCUT2D eigenvalue weighted by molar-refractivity contribution is 8.00. The van der Waals surface area contributed by atoms with Crippen molar-refractivity contribution in [3.05, 3.63) is 0 Å². The molecule has 0 aromatic rings. The van der Waals surface area contributed by atoms with Crippen molar-refractivity contribution in [1.29, 1.82) is 0 Å². The van der Waals surface area contributed by atoms with Crippen LogP contribution < -0.4 is 5.32 Å². The lowest BCUT2D eigenvalue weighted by atomic mass is 10.1. The molecule has 0 aromatic carbocycles. The van der Waals surface area contributed by atoms with Crippen LogP contribution in [0, 0.1) is 0 Å². The van der Waals surface area contributed by atoms with Gasteiger partial charge in [0, 0.05) is 24.9 Å². The molecule has 0 unspecified atom stereocenters. The minimum Gasteiger partial charge on any atom is -0.383 e. The Hall–Kier alpha value is 0.270. The van der Waals surface area contributed by atoms with E-state index in [4.69, 9.17) is 4.74 Å². The average Bonchev–Trinajstić information content (AvgIpc) is 2.62. The first kappa shape index (κ1) is 11.3. The van der Waals surface area contributed by atoms with Crippen molar-refractivity contribution in [3.63, 3.8) is 0 Å². The Morgan fingerprint density at radius 1 is 1.38 bits per heavy atom. The van der Waals surface area contributed by atoms with Crippen molar-refractivity contribution in [2.24, 2.45) is 0 Å². The molecule has 1 aliphatic carbocycles. The van der Waals surface area contributed by atoms with Gasteiger partial charge < -0.3 is 10.1 Å². The Balaban J connectivity index is 2.16. The van der Waals surface area contributed by atoms with E-state index in [2.05, 4.69) is 11.6 Å². The van der Waals surface area contributed by atoms with Gasteiger partial charge in [0.2, 0.25) is 0 Å². The predicted octanol–water partition coefficient (Wildman–Crippen LogP) is 1.90. The summed E-state index contributed by atoms with van der Waals surface area (Å²) in [6, 6.07) is 0. The van der Waals surface area contributed by atoms with Crippen LogP contribution in [0.3, 0.4) is 0 Å². The van der Waals surface area contributed by atoms with E-state index in [0.29, 0.717) is 4.75 Å². The van der Waals surface area contributed by atoms with Gasteiger partial charge in [0.25, 0.3) is 0 Å². The normalized spacial score (nSPS) is 20.8. The van der Waals surface area contributed by atoms with Gasteiger partial charge >= 0.3 is 0 Å². The fourth-order valence-electron chi connectivity index (χ4n) is 1.96.